The third-order valence-electron chi connectivity index (χ3n) is 5.54. The number of nitrogens with two attached hydrogens (primary N) is 3. The number of benzene rings is 1. The van der Waals surface area contributed by atoms with E-state index in [1.54, 1.807) is 6.20 Å². The standard InChI is InChI=1S/C23H31N7O7/c1-11(28-21(34)14(24)8-12-10-27-15-5-3-2-4-13(12)15)20(33)29-16(6-7-18(25)31)22(35)30-17(23(36)37)9-19(26)32/h2-5,10-11,14,16-17,27H,6-9,24H2,1H3,(H2,25,31)(H2,26,32)(H,28,34)(H,29,33)(H,30,35)(H,36,37). The first-order chi connectivity index (χ1) is 17.4. The Hall–Kier alpha value is -4.46. The fourth-order valence-electron chi connectivity index (χ4n) is 3.54. The quantitative estimate of drug-likeness (QED) is 0.135. The van der Waals surface area contributed by atoms with E-state index < -0.39 is 66.1 Å². The van der Waals surface area contributed by atoms with Gasteiger partial charge in [-0.2, -0.15) is 0 Å². The normalized spacial score (nSPS) is 14.1. The van der Waals surface area contributed by atoms with E-state index >= 15 is 0 Å². The van der Waals surface area contributed by atoms with Gasteiger partial charge in [-0.3, -0.25) is 24.0 Å². The van der Waals surface area contributed by atoms with Crippen LogP contribution in [0.2, 0.25) is 0 Å². The third-order valence-corrected chi connectivity index (χ3v) is 5.54. The first kappa shape index (κ1) is 28.8. The van der Waals surface area contributed by atoms with Crippen molar-refractivity contribution in [2.75, 3.05) is 0 Å². The fraction of sp³-hybridized carbons (Fsp3) is 0.391. The molecule has 4 atom stereocenters. The molecule has 0 spiro atoms. The minimum Gasteiger partial charge on any atom is -0.480 e. The summed E-state index contributed by atoms with van der Waals surface area (Å²) in [6.07, 6.45) is 0.708. The second-order valence-electron chi connectivity index (χ2n) is 8.54. The topological polar surface area (TPSA) is 253 Å². The molecule has 14 heteroatoms. The number of hydrogen-bond donors (Lipinski definition) is 8. The number of carbonyl (C=O) groups excluding carboxylic acids is 5. The molecule has 0 radical (unpaired) electrons. The van der Waals surface area contributed by atoms with E-state index in [1.165, 1.54) is 6.92 Å². The van der Waals surface area contributed by atoms with Crippen LogP contribution in [0.15, 0.2) is 30.5 Å². The smallest absolute Gasteiger partial charge is 0.326 e. The third kappa shape index (κ3) is 8.61. The molecular formula is C23H31N7O7. The Labute approximate surface area is 211 Å². The number of amides is 5. The number of primary amides is 2. The zero-order chi connectivity index (χ0) is 27.7. The van der Waals surface area contributed by atoms with Gasteiger partial charge in [0, 0.05) is 23.5 Å². The molecule has 0 bridgehead atoms. The highest BCUT2D eigenvalue weighted by molar-refractivity contribution is 5.95. The second kappa shape index (κ2) is 13.0. The van der Waals surface area contributed by atoms with Crippen LogP contribution >= 0.6 is 0 Å². The molecule has 0 aliphatic rings. The van der Waals surface area contributed by atoms with Gasteiger partial charge in [0.1, 0.15) is 18.1 Å². The Kier molecular flexibility index (Phi) is 10.1. The van der Waals surface area contributed by atoms with Gasteiger partial charge in [-0.15, -0.1) is 0 Å². The summed E-state index contributed by atoms with van der Waals surface area (Å²) in [7, 11) is 0. The lowest BCUT2D eigenvalue weighted by Crippen LogP contribution is -2.56. The van der Waals surface area contributed by atoms with Crippen LogP contribution < -0.4 is 33.2 Å². The van der Waals surface area contributed by atoms with Gasteiger partial charge < -0.3 is 43.2 Å². The van der Waals surface area contributed by atoms with Crippen molar-refractivity contribution in [1.82, 2.24) is 20.9 Å². The van der Waals surface area contributed by atoms with Crippen LogP contribution in [0.1, 0.15) is 31.7 Å². The van der Waals surface area contributed by atoms with Crippen molar-refractivity contribution in [1.29, 1.82) is 0 Å². The summed E-state index contributed by atoms with van der Waals surface area (Å²) in [5, 5.41) is 17.0. The van der Waals surface area contributed by atoms with Crippen molar-refractivity contribution in [3.63, 3.8) is 0 Å². The number of hydrogen-bond acceptors (Lipinski definition) is 7. The molecule has 0 saturated carbocycles. The van der Waals surface area contributed by atoms with Crippen LogP contribution in [0.25, 0.3) is 10.9 Å². The minimum absolute atomic E-state index is 0.199. The van der Waals surface area contributed by atoms with Gasteiger partial charge in [-0.1, -0.05) is 18.2 Å². The molecule has 1 aromatic carbocycles. The minimum atomic E-state index is -1.64. The Morgan fingerprint density at radius 2 is 1.57 bits per heavy atom. The zero-order valence-corrected chi connectivity index (χ0v) is 20.2. The lowest BCUT2D eigenvalue weighted by Gasteiger charge is -2.23. The lowest BCUT2D eigenvalue weighted by molar-refractivity contribution is -0.144. The number of nitrogens with one attached hydrogen (secondary N) is 4. The van der Waals surface area contributed by atoms with Gasteiger partial charge in [0.15, 0.2) is 0 Å². The van der Waals surface area contributed by atoms with Crippen molar-refractivity contribution in [3.05, 3.63) is 36.0 Å². The van der Waals surface area contributed by atoms with E-state index in [9.17, 15) is 33.9 Å². The molecule has 14 nitrogen and oxygen atoms in total. The molecular weight excluding hydrogens is 486 g/mol. The molecule has 200 valence electrons. The van der Waals surface area contributed by atoms with Crippen LogP contribution in [0.5, 0.6) is 0 Å². The van der Waals surface area contributed by atoms with Crippen LogP contribution in [0.3, 0.4) is 0 Å². The number of fused-ring (bicyclic) bond motifs is 1. The number of carbonyl (C=O) groups is 6. The average Bonchev–Trinajstić information content (AvgIpc) is 3.23. The fourth-order valence-corrected chi connectivity index (χ4v) is 3.54. The molecule has 1 heterocycles. The molecule has 0 aliphatic carbocycles. The molecule has 4 unspecified atom stereocenters. The molecule has 1 aromatic heterocycles. The largest absolute Gasteiger partial charge is 0.480 e. The first-order valence-electron chi connectivity index (χ1n) is 11.4. The average molecular weight is 518 g/mol. The van der Waals surface area contributed by atoms with Crippen LogP contribution in [-0.4, -0.2) is 69.8 Å². The van der Waals surface area contributed by atoms with Gasteiger partial charge in [-0.05, 0) is 31.4 Å². The number of rotatable bonds is 14. The number of carboxylic acid groups (broad SMARTS) is 1. The van der Waals surface area contributed by atoms with E-state index in [0.29, 0.717) is 0 Å². The summed E-state index contributed by atoms with van der Waals surface area (Å²) in [5.74, 6) is -5.62. The molecule has 2 aromatic rings. The summed E-state index contributed by atoms with van der Waals surface area (Å²) < 4.78 is 0. The van der Waals surface area contributed by atoms with E-state index in [4.69, 9.17) is 17.2 Å². The maximum absolute atomic E-state index is 12.7. The molecule has 5 amide bonds. The van der Waals surface area contributed by atoms with Crippen molar-refractivity contribution in [3.8, 4) is 0 Å². The van der Waals surface area contributed by atoms with Gasteiger partial charge in [-0.25, -0.2) is 4.79 Å². The van der Waals surface area contributed by atoms with E-state index in [2.05, 4.69) is 20.9 Å². The molecule has 0 aliphatic heterocycles. The number of aliphatic carboxylic acids is 1. The Balaban J connectivity index is 2.01. The summed E-state index contributed by atoms with van der Waals surface area (Å²) >= 11 is 0. The monoisotopic (exact) mass is 517 g/mol. The number of para-hydroxylation sites is 1. The van der Waals surface area contributed by atoms with E-state index in [-0.39, 0.29) is 19.3 Å². The van der Waals surface area contributed by atoms with Gasteiger partial charge in [0.05, 0.1) is 12.5 Å². The summed E-state index contributed by atoms with van der Waals surface area (Å²) in [4.78, 5) is 74.6. The van der Waals surface area contributed by atoms with E-state index in [0.717, 1.165) is 16.5 Å². The molecule has 2 rings (SSSR count). The SMILES string of the molecule is CC(NC(=O)C(N)Cc1c[nH]c2ccccc12)C(=O)NC(CCC(N)=O)C(=O)NC(CC(N)=O)C(=O)O. The van der Waals surface area contributed by atoms with E-state index in [1.807, 2.05) is 24.3 Å². The number of aromatic nitrogens is 1. The number of carboxylic acids is 1. The van der Waals surface area contributed by atoms with Gasteiger partial charge in [0.25, 0.3) is 0 Å². The van der Waals surface area contributed by atoms with Crippen molar-refractivity contribution in [2.24, 2.45) is 17.2 Å². The molecule has 0 fully saturated rings. The summed E-state index contributed by atoms with van der Waals surface area (Å²) in [6.45, 7) is 1.36. The van der Waals surface area contributed by atoms with Crippen molar-refractivity contribution >= 4 is 46.4 Å². The Bertz CT molecular complexity index is 1180. The first-order valence-corrected chi connectivity index (χ1v) is 11.4. The van der Waals surface area contributed by atoms with Crippen LogP contribution in [-0.2, 0) is 35.2 Å². The van der Waals surface area contributed by atoms with Crippen LogP contribution in [0, 0.1) is 0 Å². The van der Waals surface area contributed by atoms with Crippen LogP contribution in [0.4, 0.5) is 0 Å². The highest BCUT2D eigenvalue weighted by Gasteiger charge is 2.30. The van der Waals surface area contributed by atoms with Gasteiger partial charge >= 0.3 is 5.97 Å². The maximum atomic E-state index is 12.7. The zero-order valence-electron chi connectivity index (χ0n) is 20.2. The summed E-state index contributed by atoms with van der Waals surface area (Å²) in [6, 6.07) is 2.36. The summed E-state index contributed by atoms with van der Waals surface area (Å²) in [5.41, 5.74) is 17.9. The molecule has 0 saturated heterocycles. The number of aromatic amines is 1. The Morgan fingerprint density at radius 3 is 2.19 bits per heavy atom. The van der Waals surface area contributed by atoms with Crippen molar-refractivity contribution < 1.29 is 33.9 Å². The lowest BCUT2D eigenvalue weighted by atomic mass is 10.0. The number of H-pyrrole nitrogens is 1. The highest BCUT2D eigenvalue weighted by Crippen LogP contribution is 2.18. The predicted molar refractivity (Wildman–Crippen MR) is 131 cm³/mol. The molecule has 11 N–H and O–H groups in total. The Morgan fingerprint density at radius 1 is 0.919 bits per heavy atom. The maximum Gasteiger partial charge on any atom is 0.326 e. The molecule has 37 heavy (non-hydrogen) atoms. The second-order valence-corrected chi connectivity index (χ2v) is 8.54. The highest BCUT2D eigenvalue weighted by atomic mass is 16.4. The predicted octanol–water partition coefficient (Wildman–Crippen LogP) is -2.26. The van der Waals surface area contributed by atoms with Gasteiger partial charge in [0.2, 0.25) is 29.5 Å². The van der Waals surface area contributed by atoms with Crippen molar-refractivity contribution in [2.45, 2.75) is 56.8 Å².